The van der Waals surface area contributed by atoms with Gasteiger partial charge in [0, 0.05) is 16.3 Å². The second kappa shape index (κ2) is 5.38. The number of carbonyl (C=O) groups is 1. The number of nitrogens with two attached hydrogens (primary N) is 1. The van der Waals surface area contributed by atoms with Gasteiger partial charge in [-0.05, 0) is 36.4 Å². The monoisotopic (exact) mass is 298 g/mol. The number of nitrogen functional groups attached to an aromatic ring is 1. The number of anilines is 1. The first-order valence-electron chi connectivity index (χ1n) is 6.22. The van der Waals surface area contributed by atoms with Crippen molar-refractivity contribution in [3.8, 4) is 5.69 Å². The van der Waals surface area contributed by atoms with Gasteiger partial charge in [-0.1, -0.05) is 28.9 Å². The number of para-hydroxylation sites is 1. The molecule has 0 fully saturated rings. The minimum atomic E-state index is -0.256. The Hall–Kier alpha value is -2.66. The Morgan fingerprint density at radius 1 is 1.10 bits per heavy atom. The van der Waals surface area contributed by atoms with Crippen LogP contribution in [0.15, 0.2) is 54.7 Å². The molecule has 3 aromatic rings. The van der Waals surface area contributed by atoms with Gasteiger partial charge in [0.2, 0.25) is 5.78 Å². The lowest BCUT2D eigenvalue weighted by molar-refractivity contribution is 0.103. The van der Waals surface area contributed by atoms with Crippen molar-refractivity contribution in [1.82, 2.24) is 15.0 Å². The van der Waals surface area contributed by atoms with Gasteiger partial charge in [0.25, 0.3) is 0 Å². The third-order valence-electron chi connectivity index (χ3n) is 3.02. The number of carbonyl (C=O) groups excluding carboxylic acids is 1. The maximum Gasteiger partial charge on any atom is 0.216 e. The summed E-state index contributed by atoms with van der Waals surface area (Å²) in [5.41, 5.74) is 7.65. The largest absolute Gasteiger partial charge is 0.398 e. The summed E-state index contributed by atoms with van der Waals surface area (Å²) in [7, 11) is 0. The zero-order valence-corrected chi connectivity index (χ0v) is 11.7. The molecule has 0 atom stereocenters. The van der Waals surface area contributed by atoms with E-state index in [-0.39, 0.29) is 11.5 Å². The first kappa shape index (κ1) is 13.3. The van der Waals surface area contributed by atoms with Gasteiger partial charge in [-0.3, -0.25) is 4.79 Å². The van der Waals surface area contributed by atoms with Crippen LogP contribution in [0.4, 0.5) is 5.69 Å². The van der Waals surface area contributed by atoms with Crippen molar-refractivity contribution in [3.63, 3.8) is 0 Å². The van der Waals surface area contributed by atoms with E-state index in [2.05, 4.69) is 10.3 Å². The number of hydrogen-bond acceptors (Lipinski definition) is 4. The molecule has 0 amide bonds. The van der Waals surface area contributed by atoms with Crippen LogP contribution in [0, 0.1) is 0 Å². The van der Waals surface area contributed by atoms with Crippen molar-refractivity contribution in [2.45, 2.75) is 0 Å². The highest BCUT2D eigenvalue weighted by molar-refractivity contribution is 6.30. The zero-order valence-electron chi connectivity index (χ0n) is 10.9. The van der Waals surface area contributed by atoms with E-state index in [1.165, 1.54) is 4.68 Å². The second-order valence-corrected chi connectivity index (χ2v) is 4.88. The van der Waals surface area contributed by atoms with E-state index in [0.29, 0.717) is 16.3 Å². The second-order valence-electron chi connectivity index (χ2n) is 4.44. The number of ketones is 1. The predicted molar refractivity (Wildman–Crippen MR) is 80.7 cm³/mol. The first-order valence-corrected chi connectivity index (χ1v) is 6.60. The molecule has 1 aromatic heterocycles. The Kier molecular flexibility index (Phi) is 3.41. The fourth-order valence-electron chi connectivity index (χ4n) is 1.93. The summed E-state index contributed by atoms with van der Waals surface area (Å²) in [4.78, 5) is 12.3. The molecular weight excluding hydrogens is 288 g/mol. The zero-order chi connectivity index (χ0) is 14.8. The van der Waals surface area contributed by atoms with Crippen LogP contribution in [0.2, 0.25) is 5.02 Å². The van der Waals surface area contributed by atoms with Gasteiger partial charge in [0.1, 0.15) is 0 Å². The molecule has 0 spiro atoms. The third-order valence-corrected chi connectivity index (χ3v) is 3.27. The van der Waals surface area contributed by atoms with Crippen molar-refractivity contribution in [2.24, 2.45) is 0 Å². The smallest absolute Gasteiger partial charge is 0.216 e. The maximum absolute atomic E-state index is 12.3. The Morgan fingerprint density at radius 3 is 2.52 bits per heavy atom. The van der Waals surface area contributed by atoms with E-state index < -0.39 is 0 Å². The van der Waals surface area contributed by atoms with Crippen LogP contribution in [0.25, 0.3) is 5.69 Å². The third kappa shape index (κ3) is 2.64. The molecule has 21 heavy (non-hydrogen) atoms. The summed E-state index contributed by atoms with van der Waals surface area (Å²) >= 11 is 5.84. The number of benzene rings is 2. The molecule has 0 aliphatic heterocycles. The van der Waals surface area contributed by atoms with Crippen LogP contribution in [0.1, 0.15) is 16.1 Å². The molecule has 5 nitrogen and oxygen atoms in total. The molecular formula is C15H11ClN4O. The summed E-state index contributed by atoms with van der Waals surface area (Å²) in [5.74, 6) is -0.256. The molecule has 6 heteroatoms. The van der Waals surface area contributed by atoms with E-state index in [0.717, 1.165) is 5.69 Å². The fraction of sp³-hybridized carbons (Fsp3) is 0. The summed E-state index contributed by atoms with van der Waals surface area (Å²) in [6.45, 7) is 0. The molecule has 3 rings (SSSR count). The lowest BCUT2D eigenvalue weighted by Crippen LogP contribution is -2.05. The highest BCUT2D eigenvalue weighted by atomic mass is 35.5. The van der Waals surface area contributed by atoms with Crippen LogP contribution in [0.3, 0.4) is 0 Å². The summed E-state index contributed by atoms with van der Waals surface area (Å²) in [5, 5.41) is 8.49. The molecule has 0 aliphatic carbocycles. The maximum atomic E-state index is 12.3. The van der Waals surface area contributed by atoms with Gasteiger partial charge in [0.15, 0.2) is 5.69 Å². The van der Waals surface area contributed by atoms with Gasteiger partial charge in [-0.2, -0.15) is 0 Å². The molecule has 0 bridgehead atoms. The summed E-state index contributed by atoms with van der Waals surface area (Å²) in [6, 6.07) is 14.0. The number of rotatable bonds is 3. The Bertz CT molecular complexity index is 795. The average molecular weight is 299 g/mol. The minimum Gasteiger partial charge on any atom is -0.398 e. The lowest BCUT2D eigenvalue weighted by Gasteiger charge is -2.01. The molecule has 0 aliphatic rings. The van der Waals surface area contributed by atoms with Crippen LogP contribution in [0.5, 0.6) is 0 Å². The van der Waals surface area contributed by atoms with Crippen molar-refractivity contribution in [2.75, 3.05) is 5.73 Å². The molecule has 0 unspecified atom stereocenters. The number of hydrogen-bond donors (Lipinski definition) is 1. The number of halogens is 1. The molecule has 0 radical (unpaired) electrons. The standard InChI is InChI=1S/C15H11ClN4O/c16-10-5-7-11(8-6-10)20-9-14(18-19-20)15(21)12-3-1-2-4-13(12)17/h1-9H,17H2. The van der Waals surface area contributed by atoms with Gasteiger partial charge < -0.3 is 5.73 Å². The van der Waals surface area contributed by atoms with Gasteiger partial charge in [-0.25, -0.2) is 4.68 Å². The van der Waals surface area contributed by atoms with Crippen molar-refractivity contribution >= 4 is 23.1 Å². The van der Waals surface area contributed by atoms with Crippen LogP contribution < -0.4 is 5.73 Å². The van der Waals surface area contributed by atoms with Crippen molar-refractivity contribution < 1.29 is 4.79 Å². The first-order chi connectivity index (χ1) is 10.1. The van der Waals surface area contributed by atoms with Gasteiger partial charge in [0.05, 0.1) is 11.9 Å². The molecule has 2 aromatic carbocycles. The van der Waals surface area contributed by atoms with E-state index in [1.54, 1.807) is 54.7 Å². The topological polar surface area (TPSA) is 73.8 Å². The Balaban J connectivity index is 1.93. The molecule has 104 valence electrons. The average Bonchev–Trinajstić information content (AvgIpc) is 2.98. The normalized spacial score (nSPS) is 10.5. The summed E-state index contributed by atoms with van der Waals surface area (Å²) < 4.78 is 1.52. The number of aromatic nitrogens is 3. The quantitative estimate of drug-likeness (QED) is 0.596. The lowest BCUT2D eigenvalue weighted by atomic mass is 10.1. The Morgan fingerprint density at radius 2 is 1.81 bits per heavy atom. The minimum absolute atomic E-state index is 0.239. The van der Waals surface area contributed by atoms with Gasteiger partial charge >= 0.3 is 0 Å². The van der Waals surface area contributed by atoms with E-state index in [9.17, 15) is 4.79 Å². The van der Waals surface area contributed by atoms with Crippen LogP contribution in [-0.2, 0) is 0 Å². The van der Waals surface area contributed by atoms with E-state index >= 15 is 0 Å². The SMILES string of the molecule is Nc1ccccc1C(=O)c1cn(-c2ccc(Cl)cc2)nn1. The van der Waals surface area contributed by atoms with E-state index in [1.807, 2.05) is 0 Å². The van der Waals surface area contributed by atoms with Crippen LogP contribution >= 0.6 is 11.6 Å². The number of nitrogens with zero attached hydrogens (tertiary/aromatic N) is 3. The molecule has 1 heterocycles. The van der Waals surface area contributed by atoms with Crippen LogP contribution in [-0.4, -0.2) is 20.8 Å². The summed E-state index contributed by atoms with van der Waals surface area (Å²) in [6.07, 6.45) is 1.57. The fourth-order valence-corrected chi connectivity index (χ4v) is 2.06. The van der Waals surface area contributed by atoms with Crippen molar-refractivity contribution in [3.05, 3.63) is 71.0 Å². The highest BCUT2D eigenvalue weighted by Crippen LogP contribution is 2.16. The molecule has 0 saturated heterocycles. The Labute approximate surface area is 126 Å². The molecule has 2 N–H and O–H groups in total. The highest BCUT2D eigenvalue weighted by Gasteiger charge is 2.16. The van der Waals surface area contributed by atoms with E-state index in [4.69, 9.17) is 17.3 Å². The molecule has 0 saturated carbocycles. The van der Waals surface area contributed by atoms with Gasteiger partial charge in [-0.15, -0.1) is 5.10 Å². The predicted octanol–water partition coefficient (Wildman–Crippen LogP) is 2.73. The van der Waals surface area contributed by atoms with Crippen molar-refractivity contribution in [1.29, 1.82) is 0 Å².